The van der Waals surface area contributed by atoms with Crippen LogP contribution >= 0.6 is 0 Å². The smallest absolute Gasteiger partial charge is 0.258 e. The number of nitro groups is 1. The summed E-state index contributed by atoms with van der Waals surface area (Å²) in [6.45, 7) is 0. The maximum atomic E-state index is 10.4. The molecule has 63 valence electrons. The van der Waals surface area contributed by atoms with E-state index in [4.69, 9.17) is 0 Å². The molecule has 4 heteroatoms. The number of hydrogen-bond donors (Lipinski definition) is 0. The fourth-order valence-corrected chi connectivity index (χ4v) is 1.11. The maximum absolute atomic E-state index is 10.4. The zero-order valence-corrected chi connectivity index (χ0v) is 6.60. The lowest BCUT2D eigenvalue weighted by molar-refractivity contribution is -0.384. The minimum atomic E-state index is -0.430. The third-order valence-corrected chi connectivity index (χ3v) is 1.72. The SMILES string of the molecule is O=[N+]([O-])c1ccc2ncc[c]c2c1. The quantitative estimate of drug-likeness (QED) is 0.489. The fraction of sp³-hybridized carbons (Fsp3) is 0. The van der Waals surface area contributed by atoms with Crippen LogP contribution in [0.5, 0.6) is 0 Å². The molecule has 0 saturated heterocycles. The lowest BCUT2D eigenvalue weighted by Crippen LogP contribution is -1.87. The van der Waals surface area contributed by atoms with Crippen LogP contribution in [-0.4, -0.2) is 9.91 Å². The average Bonchev–Trinajstić information content (AvgIpc) is 2.17. The number of aromatic nitrogens is 1. The van der Waals surface area contributed by atoms with E-state index in [-0.39, 0.29) is 5.69 Å². The summed E-state index contributed by atoms with van der Waals surface area (Å²) >= 11 is 0. The zero-order valence-electron chi connectivity index (χ0n) is 6.60. The molecule has 2 rings (SSSR count). The van der Waals surface area contributed by atoms with Crippen molar-refractivity contribution in [1.29, 1.82) is 0 Å². The van der Waals surface area contributed by atoms with Gasteiger partial charge in [-0.25, -0.2) is 0 Å². The minimum Gasteiger partial charge on any atom is -0.258 e. The van der Waals surface area contributed by atoms with Gasteiger partial charge in [0.05, 0.1) is 10.4 Å². The van der Waals surface area contributed by atoms with E-state index >= 15 is 0 Å². The number of nitrogens with zero attached hydrogens (tertiary/aromatic N) is 2. The van der Waals surface area contributed by atoms with Crippen molar-refractivity contribution >= 4 is 16.6 Å². The first-order valence-electron chi connectivity index (χ1n) is 3.68. The van der Waals surface area contributed by atoms with Crippen LogP contribution < -0.4 is 0 Å². The Morgan fingerprint density at radius 2 is 2.31 bits per heavy atom. The normalized spacial score (nSPS) is 10.2. The van der Waals surface area contributed by atoms with E-state index in [1.165, 1.54) is 12.1 Å². The van der Waals surface area contributed by atoms with Crippen LogP contribution in [-0.2, 0) is 0 Å². The number of benzene rings is 1. The Labute approximate surface area is 74.0 Å². The summed E-state index contributed by atoms with van der Waals surface area (Å²) in [6.07, 6.45) is 1.61. The van der Waals surface area contributed by atoms with Crippen LogP contribution in [0.15, 0.2) is 30.5 Å². The number of hydrogen-bond acceptors (Lipinski definition) is 3. The van der Waals surface area contributed by atoms with Gasteiger partial charge in [-0.1, -0.05) is 0 Å². The summed E-state index contributed by atoms with van der Waals surface area (Å²) in [5, 5.41) is 11.1. The Hall–Kier alpha value is -1.97. The van der Waals surface area contributed by atoms with Crippen molar-refractivity contribution in [2.75, 3.05) is 0 Å². The molecule has 1 radical (unpaired) electrons. The predicted octanol–water partition coefficient (Wildman–Crippen LogP) is 1.94. The van der Waals surface area contributed by atoms with Gasteiger partial charge < -0.3 is 0 Å². The first-order chi connectivity index (χ1) is 6.27. The predicted molar refractivity (Wildman–Crippen MR) is 47.2 cm³/mol. The number of non-ortho nitro benzene ring substituents is 1. The van der Waals surface area contributed by atoms with Crippen molar-refractivity contribution in [2.45, 2.75) is 0 Å². The van der Waals surface area contributed by atoms with Gasteiger partial charge in [-0.2, -0.15) is 0 Å². The molecule has 0 aliphatic heterocycles. The van der Waals surface area contributed by atoms with E-state index < -0.39 is 4.92 Å². The van der Waals surface area contributed by atoms with Crippen LogP contribution in [0.25, 0.3) is 10.9 Å². The van der Waals surface area contributed by atoms with E-state index in [9.17, 15) is 10.1 Å². The molecular weight excluding hydrogens is 168 g/mol. The highest BCUT2D eigenvalue weighted by atomic mass is 16.6. The highest BCUT2D eigenvalue weighted by molar-refractivity contribution is 5.80. The van der Waals surface area contributed by atoms with Crippen molar-refractivity contribution in [3.63, 3.8) is 0 Å². The van der Waals surface area contributed by atoms with Crippen LogP contribution in [0.3, 0.4) is 0 Å². The van der Waals surface area contributed by atoms with Gasteiger partial charge >= 0.3 is 0 Å². The first kappa shape index (κ1) is 7.67. The molecule has 0 atom stereocenters. The van der Waals surface area contributed by atoms with Crippen molar-refractivity contribution < 1.29 is 4.92 Å². The third-order valence-electron chi connectivity index (χ3n) is 1.72. The number of nitro benzene ring substituents is 1. The van der Waals surface area contributed by atoms with Crippen molar-refractivity contribution in [3.05, 3.63) is 46.6 Å². The van der Waals surface area contributed by atoms with Gasteiger partial charge in [0.2, 0.25) is 0 Å². The van der Waals surface area contributed by atoms with E-state index in [2.05, 4.69) is 11.1 Å². The van der Waals surface area contributed by atoms with Crippen molar-refractivity contribution in [2.24, 2.45) is 0 Å². The molecule has 0 fully saturated rings. The monoisotopic (exact) mass is 173 g/mol. The highest BCUT2D eigenvalue weighted by Gasteiger charge is 2.05. The molecule has 0 amide bonds. The molecule has 1 aromatic carbocycles. The topological polar surface area (TPSA) is 56.0 Å². The Morgan fingerprint density at radius 1 is 1.46 bits per heavy atom. The van der Waals surface area contributed by atoms with Gasteiger partial charge in [0.15, 0.2) is 0 Å². The Kier molecular flexibility index (Phi) is 1.66. The van der Waals surface area contributed by atoms with Crippen molar-refractivity contribution in [1.82, 2.24) is 4.98 Å². The van der Waals surface area contributed by atoms with Crippen LogP contribution in [0.2, 0.25) is 0 Å². The Balaban J connectivity index is 2.69. The van der Waals surface area contributed by atoms with Crippen LogP contribution in [0, 0.1) is 16.2 Å². The summed E-state index contributed by atoms with van der Waals surface area (Å²) in [5.41, 5.74) is 0.782. The van der Waals surface area contributed by atoms with Gasteiger partial charge in [0, 0.05) is 23.7 Å². The largest absolute Gasteiger partial charge is 0.270 e. The third kappa shape index (κ3) is 1.33. The molecule has 1 aromatic heterocycles. The minimum absolute atomic E-state index is 0.0664. The van der Waals surface area contributed by atoms with E-state index in [0.717, 1.165) is 0 Å². The molecule has 0 bridgehead atoms. The second-order valence-corrected chi connectivity index (χ2v) is 2.55. The molecule has 0 unspecified atom stereocenters. The summed E-state index contributed by atoms with van der Waals surface area (Å²) < 4.78 is 0. The zero-order chi connectivity index (χ0) is 9.26. The first-order valence-corrected chi connectivity index (χ1v) is 3.68. The summed E-state index contributed by atoms with van der Waals surface area (Å²) in [5.74, 6) is 0. The lowest BCUT2D eigenvalue weighted by Gasteiger charge is -1.94. The second-order valence-electron chi connectivity index (χ2n) is 2.55. The molecule has 1 heterocycles. The summed E-state index contributed by atoms with van der Waals surface area (Å²) in [7, 11) is 0. The second kappa shape index (κ2) is 2.82. The molecule has 4 nitrogen and oxygen atoms in total. The number of rotatable bonds is 1. The summed E-state index contributed by atoms with van der Waals surface area (Å²) in [4.78, 5) is 14.0. The lowest BCUT2D eigenvalue weighted by atomic mass is 10.2. The number of fused-ring (bicyclic) bond motifs is 1. The molecule has 0 N–H and O–H groups in total. The van der Waals surface area contributed by atoms with E-state index in [1.54, 1.807) is 18.3 Å². The fourth-order valence-electron chi connectivity index (χ4n) is 1.11. The molecular formula is C9H5N2O2. The average molecular weight is 173 g/mol. The summed E-state index contributed by atoms with van der Waals surface area (Å²) in [6, 6.07) is 9.02. The van der Waals surface area contributed by atoms with Crippen molar-refractivity contribution in [3.8, 4) is 0 Å². The molecule has 0 spiro atoms. The van der Waals surface area contributed by atoms with E-state index in [1.807, 2.05) is 0 Å². The van der Waals surface area contributed by atoms with Gasteiger partial charge in [-0.3, -0.25) is 15.1 Å². The maximum Gasteiger partial charge on any atom is 0.270 e. The molecule has 0 saturated carbocycles. The molecule has 0 aliphatic carbocycles. The molecule has 13 heavy (non-hydrogen) atoms. The van der Waals surface area contributed by atoms with Crippen LogP contribution in [0.4, 0.5) is 5.69 Å². The van der Waals surface area contributed by atoms with Gasteiger partial charge in [-0.15, -0.1) is 0 Å². The number of pyridine rings is 1. The van der Waals surface area contributed by atoms with Gasteiger partial charge in [0.1, 0.15) is 0 Å². The van der Waals surface area contributed by atoms with E-state index in [0.29, 0.717) is 10.9 Å². The molecule has 2 aromatic rings. The Morgan fingerprint density at radius 3 is 3.08 bits per heavy atom. The Bertz CT molecular complexity index is 468. The van der Waals surface area contributed by atoms with Crippen LogP contribution in [0.1, 0.15) is 0 Å². The standard InChI is InChI=1S/C9H5N2O2/c12-11(13)8-3-4-9-7(6-8)2-1-5-10-9/h1,3-6H. The highest BCUT2D eigenvalue weighted by Crippen LogP contribution is 2.17. The molecule has 0 aliphatic rings. The van der Waals surface area contributed by atoms with Gasteiger partial charge in [-0.05, 0) is 18.2 Å². The van der Waals surface area contributed by atoms with Gasteiger partial charge in [0.25, 0.3) is 5.69 Å².